The summed E-state index contributed by atoms with van der Waals surface area (Å²) < 4.78 is 5.50. The molecule has 0 bridgehead atoms. The second-order valence-corrected chi connectivity index (χ2v) is 7.75. The molecular weight excluding hydrogens is 364 g/mol. The fraction of sp³-hybridized carbons (Fsp3) is 0.391. The summed E-state index contributed by atoms with van der Waals surface area (Å²) in [7, 11) is 0. The predicted molar refractivity (Wildman–Crippen MR) is 110 cm³/mol. The SMILES string of the molecule is Cc1cc(-c2cnc(C)nc2[C@H]2CCCCN2C(=O)Cc2ccccc2C)on1. The summed E-state index contributed by atoms with van der Waals surface area (Å²) in [6.07, 6.45) is 5.16. The number of aromatic nitrogens is 3. The number of hydrogen-bond donors (Lipinski definition) is 0. The molecule has 0 radical (unpaired) electrons. The number of piperidine rings is 1. The molecule has 1 aromatic carbocycles. The Kier molecular flexibility index (Phi) is 5.43. The lowest BCUT2D eigenvalue weighted by atomic mass is 9.94. The molecule has 1 aliphatic rings. The first kappa shape index (κ1) is 19.3. The third-order valence-electron chi connectivity index (χ3n) is 5.57. The van der Waals surface area contributed by atoms with Crippen molar-refractivity contribution >= 4 is 5.91 Å². The number of amides is 1. The number of likely N-dealkylation sites (tertiary alicyclic amines) is 1. The van der Waals surface area contributed by atoms with Crippen LogP contribution in [0.2, 0.25) is 0 Å². The summed E-state index contributed by atoms with van der Waals surface area (Å²) in [6, 6.07) is 9.88. The average Bonchev–Trinajstić information content (AvgIpc) is 3.15. The van der Waals surface area contributed by atoms with Crippen LogP contribution in [0.25, 0.3) is 11.3 Å². The van der Waals surface area contributed by atoms with Crippen LogP contribution in [0.1, 0.15) is 53.6 Å². The molecule has 0 unspecified atom stereocenters. The van der Waals surface area contributed by atoms with E-state index in [1.165, 1.54) is 0 Å². The second-order valence-electron chi connectivity index (χ2n) is 7.75. The molecule has 6 heteroatoms. The lowest BCUT2D eigenvalue weighted by Gasteiger charge is -2.36. The first-order valence-corrected chi connectivity index (χ1v) is 10.1. The third-order valence-corrected chi connectivity index (χ3v) is 5.57. The van der Waals surface area contributed by atoms with Gasteiger partial charge in [-0.3, -0.25) is 4.79 Å². The van der Waals surface area contributed by atoms with E-state index in [4.69, 9.17) is 9.51 Å². The molecule has 0 spiro atoms. The minimum absolute atomic E-state index is 0.0811. The van der Waals surface area contributed by atoms with Crippen molar-refractivity contribution in [2.75, 3.05) is 6.54 Å². The molecule has 0 saturated carbocycles. The Hall–Kier alpha value is -3.02. The summed E-state index contributed by atoms with van der Waals surface area (Å²) in [5.41, 5.74) is 4.70. The number of carbonyl (C=O) groups excluding carboxylic acids is 1. The van der Waals surface area contributed by atoms with E-state index in [9.17, 15) is 4.79 Å². The lowest BCUT2D eigenvalue weighted by molar-refractivity contribution is -0.134. The minimum atomic E-state index is -0.0811. The van der Waals surface area contributed by atoms with E-state index in [2.05, 4.69) is 23.1 Å². The number of nitrogens with zero attached hydrogens (tertiary/aromatic N) is 4. The largest absolute Gasteiger partial charge is 0.356 e. The molecule has 29 heavy (non-hydrogen) atoms. The highest BCUT2D eigenvalue weighted by Crippen LogP contribution is 2.36. The van der Waals surface area contributed by atoms with Crippen molar-refractivity contribution in [3.05, 3.63) is 64.9 Å². The molecule has 3 aromatic rings. The number of benzene rings is 1. The highest BCUT2D eigenvalue weighted by atomic mass is 16.5. The lowest BCUT2D eigenvalue weighted by Crippen LogP contribution is -2.40. The van der Waals surface area contributed by atoms with E-state index in [0.29, 0.717) is 18.0 Å². The summed E-state index contributed by atoms with van der Waals surface area (Å²) >= 11 is 0. The van der Waals surface area contributed by atoms with Gasteiger partial charge in [-0.05, 0) is 51.2 Å². The van der Waals surface area contributed by atoms with Gasteiger partial charge in [0.05, 0.1) is 29.4 Å². The van der Waals surface area contributed by atoms with Crippen LogP contribution in [0, 0.1) is 20.8 Å². The topological polar surface area (TPSA) is 72.1 Å². The molecule has 150 valence electrons. The van der Waals surface area contributed by atoms with Crippen molar-refractivity contribution < 1.29 is 9.32 Å². The van der Waals surface area contributed by atoms with E-state index < -0.39 is 0 Å². The Bertz CT molecular complexity index is 1030. The van der Waals surface area contributed by atoms with Gasteiger partial charge in [-0.15, -0.1) is 0 Å². The molecule has 1 aliphatic heterocycles. The molecule has 2 aromatic heterocycles. The van der Waals surface area contributed by atoms with Crippen molar-refractivity contribution in [2.24, 2.45) is 0 Å². The van der Waals surface area contributed by atoms with Crippen LogP contribution in [0.15, 0.2) is 41.1 Å². The molecule has 6 nitrogen and oxygen atoms in total. The van der Waals surface area contributed by atoms with Crippen LogP contribution < -0.4 is 0 Å². The van der Waals surface area contributed by atoms with Gasteiger partial charge in [0.2, 0.25) is 5.91 Å². The van der Waals surface area contributed by atoms with Crippen molar-refractivity contribution in [1.29, 1.82) is 0 Å². The number of hydrogen-bond acceptors (Lipinski definition) is 5. The zero-order chi connectivity index (χ0) is 20.4. The minimum Gasteiger partial charge on any atom is -0.356 e. The summed E-state index contributed by atoms with van der Waals surface area (Å²) in [5, 5.41) is 4.01. The van der Waals surface area contributed by atoms with Gasteiger partial charge in [-0.2, -0.15) is 0 Å². The second kappa shape index (κ2) is 8.15. The Morgan fingerprint density at radius 2 is 2.03 bits per heavy atom. The van der Waals surface area contributed by atoms with Crippen molar-refractivity contribution in [3.8, 4) is 11.3 Å². The maximum absolute atomic E-state index is 13.3. The van der Waals surface area contributed by atoms with E-state index in [1.807, 2.05) is 43.0 Å². The van der Waals surface area contributed by atoms with Crippen LogP contribution in [0.3, 0.4) is 0 Å². The molecule has 0 aliphatic carbocycles. The van der Waals surface area contributed by atoms with Crippen LogP contribution in [0.4, 0.5) is 0 Å². The van der Waals surface area contributed by atoms with Gasteiger partial charge in [0.15, 0.2) is 5.76 Å². The van der Waals surface area contributed by atoms with Crippen LogP contribution in [-0.4, -0.2) is 32.5 Å². The summed E-state index contributed by atoms with van der Waals surface area (Å²) in [4.78, 5) is 24.4. The molecule has 1 atom stereocenters. The normalized spacial score (nSPS) is 16.8. The van der Waals surface area contributed by atoms with Gasteiger partial charge in [0.1, 0.15) is 5.82 Å². The Morgan fingerprint density at radius 1 is 1.21 bits per heavy atom. The van der Waals surface area contributed by atoms with Gasteiger partial charge in [0, 0.05) is 18.8 Å². The van der Waals surface area contributed by atoms with Gasteiger partial charge >= 0.3 is 0 Å². The maximum Gasteiger partial charge on any atom is 0.227 e. The number of carbonyl (C=O) groups is 1. The van der Waals surface area contributed by atoms with Crippen molar-refractivity contribution in [1.82, 2.24) is 20.0 Å². The van der Waals surface area contributed by atoms with Crippen LogP contribution >= 0.6 is 0 Å². The van der Waals surface area contributed by atoms with Crippen molar-refractivity contribution in [2.45, 2.75) is 52.5 Å². The standard InChI is InChI=1S/C23H26N4O2/c1-15-8-4-5-9-18(15)13-22(28)27-11-7-6-10-20(27)23-19(14-24-17(3)25-23)21-12-16(2)26-29-21/h4-5,8-9,12,14,20H,6-7,10-11,13H2,1-3H3/t20-/m1/s1. The third kappa shape index (κ3) is 4.06. The summed E-state index contributed by atoms with van der Waals surface area (Å²) in [6.45, 7) is 6.56. The molecule has 1 saturated heterocycles. The highest BCUT2D eigenvalue weighted by molar-refractivity contribution is 5.80. The molecule has 4 rings (SSSR count). The fourth-order valence-electron chi connectivity index (χ4n) is 4.01. The van der Waals surface area contributed by atoms with E-state index in [-0.39, 0.29) is 11.9 Å². The average molecular weight is 390 g/mol. The van der Waals surface area contributed by atoms with Crippen LogP contribution in [0.5, 0.6) is 0 Å². The summed E-state index contributed by atoms with van der Waals surface area (Å²) in [5.74, 6) is 1.48. The molecule has 1 fully saturated rings. The van der Waals surface area contributed by atoms with Gasteiger partial charge in [-0.25, -0.2) is 9.97 Å². The first-order chi connectivity index (χ1) is 14.0. The maximum atomic E-state index is 13.3. The predicted octanol–water partition coefficient (Wildman–Crippen LogP) is 4.35. The zero-order valence-corrected chi connectivity index (χ0v) is 17.2. The monoisotopic (exact) mass is 390 g/mol. The van der Waals surface area contributed by atoms with E-state index in [0.717, 1.165) is 53.9 Å². The van der Waals surface area contributed by atoms with Gasteiger partial charge in [-0.1, -0.05) is 29.4 Å². The zero-order valence-electron chi connectivity index (χ0n) is 17.2. The highest BCUT2D eigenvalue weighted by Gasteiger charge is 2.32. The fourth-order valence-corrected chi connectivity index (χ4v) is 4.01. The van der Waals surface area contributed by atoms with E-state index in [1.54, 1.807) is 6.20 Å². The van der Waals surface area contributed by atoms with E-state index >= 15 is 0 Å². The molecular formula is C23H26N4O2. The molecule has 1 amide bonds. The van der Waals surface area contributed by atoms with Gasteiger partial charge < -0.3 is 9.42 Å². The number of aryl methyl sites for hydroxylation is 3. The Balaban J connectivity index is 1.68. The van der Waals surface area contributed by atoms with Gasteiger partial charge in [0.25, 0.3) is 0 Å². The van der Waals surface area contributed by atoms with Crippen molar-refractivity contribution in [3.63, 3.8) is 0 Å². The molecule has 3 heterocycles. The van der Waals surface area contributed by atoms with Crippen LogP contribution in [-0.2, 0) is 11.2 Å². The first-order valence-electron chi connectivity index (χ1n) is 10.1. The molecule has 0 N–H and O–H groups in total. The smallest absolute Gasteiger partial charge is 0.227 e. The Labute approximate surface area is 171 Å². The Morgan fingerprint density at radius 3 is 2.79 bits per heavy atom. The number of rotatable bonds is 4. The quantitative estimate of drug-likeness (QED) is 0.662.